The van der Waals surface area contributed by atoms with Crippen LogP contribution in [0.4, 0.5) is 0 Å². The summed E-state index contributed by atoms with van der Waals surface area (Å²) in [6.07, 6.45) is 1.77. The second-order valence-corrected chi connectivity index (χ2v) is 9.91. The first-order valence-electron chi connectivity index (χ1n) is 9.53. The number of rotatable bonds is 3. The molecule has 0 spiro atoms. The number of hydrogen-bond acceptors (Lipinski definition) is 5. The predicted octanol–water partition coefficient (Wildman–Crippen LogP) is 1.47. The van der Waals surface area contributed by atoms with E-state index in [4.69, 9.17) is 10.7 Å². The summed E-state index contributed by atoms with van der Waals surface area (Å²) < 4.78 is 23.3. The Labute approximate surface area is 163 Å². The van der Waals surface area contributed by atoms with E-state index >= 15 is 0 Å². The second kappa shape index (κ2) is 7.16. The van der Waals surface area contributed by atoms with E-state index < -0.39 is 21.7 Å². The van der Waals surface area contributed by atoms with Gasteiger partial charge in [-0.1, -0.05) is 18.2 Å². The lowest BCUT2D eigenvalue weighted by Crippen LogP contribution is -2.42. The fraction of sp³-hybridized carbons (Fsp3) is 0.450. The molecule has 28 heavy (non-hydrogen) atoms. The van der Waals surface area contributed by atoms with Gasteiger partial charge >= 0.3 is 0 Å². The molecule has 0 radical (unpaired) electrons. The number of piperidine rings is 1. The first kappa shape index (κ1) is 18.9. The zero-order valence-corrected chi connectivity index (χ0v) is 16.3. The van der Waals surface area contributed by atoms with Gasteiger partial charge in [0.1, 0.15) is 0 Å². The quantitative estimate of drug-likeness (QED) is 0.837. The number of amides is 2. The fourth-order valence-corrected chi connectivity index (χ4v) is 5.99. The Morgan fingerprint density at radius 2 is 1.82 bits per heavy atom. The summed E-state index contributed by atoms with van der Waals surface area (Å²) in [6.45, 7) is 1.07. The topological polar surface area (TPSA) is 110 Å². The maximum Gasteiger partial charge on any atom is 0.250 e. The molecule has 2 amide bonds. The first-order chi connectivity index (χ1) is 13.3. The Balaban J connectivity index is 1.51. The van der Waals surface area contributed by atoms with Crippen molar-refractivity contribution in [3.05, 3.63) is 41.6 Å². The molecule has 3 heterocycles. The highest BCUT2D eigenvalue weighted by molar-refractivity contribution is 7.91. The van der Waals surface area contributed by atoms with Crippen molar-refractivity contribution in [2.75, 3.05) is 24.6 Å². The van der Waals surface area contributed by atoms with Crippen LogP contribution in [-0.4, -0.2) is 54.7 Å². The van der Waals surface area contributed by atoms with E-state index in [-0.39, 0.29) is 23.3 Å². The van der Waals surface area contributed by atoms with Crippen LogP contribution in [0.25, 0.3) is 10.9 Å². The Morgan fingerprint density at radius 1 is 1.11 bits per heavy atom. The number of benzene rings is 1. The number of likely N-dealkylation sites (tertiary alicyclic amines) is 1. The van der Waals surface area contributed by atoms with Crippen molar-refractivity contribution in [3.8, 4) is 0 Å². The molecule has 1 unspecified atom stereocenters. The van der Waals surface area contributed by atoms with Crippen molar-refractivity contribution < 1.29 is 18.0 Å². The van der Waals surface area contributed by atoms with Crippen molar-refractivity contribution in [1.82, 2.24) is 9.88 Å². The number of pyridine rings is 1. The van der Waals surface area contributed by atoms with E-state index in [1.54, 1.807) is 11.0 Å². The van der Waals surface area contributed by atoms with Gasteiger partial charge in [-0.3, -0.25) is 14.6 Å². The van der Waals surface area contributed by atoms with Gasteiger partial charge in [0.25, 0.3) is 5.91 Å². The highest BCUT2D eigenvalue weighted by Gasteiger charge is 2.37. The Bertz CT molecular complexity index is 1040. The Morgan fingerprint density at radius 3 is 2.46 bits per heavy atom. The number of aromatic nitrogens is 1. The summed E-state index contributed by atoms with van der Waals surface area (Å²) in [5.41, 5.74) is 7.54. The number of fused-ring (bicyclic) bond motifs is 1. The molecule has 2 aliphatic heterocycles. The highest BCUT2D eigenvalue weighted by Crippen LogP contribution is 2.32. The van der Waals surface area contributed by atoms with Gasteiger partial charge < -0.3 is 10.6 Å². The number of carbonyl (C=O) groups is 2. The van der Waals surface area contributed by atoms with E-state index in [0.29, 0.717) is 43.6 Å². The number of sulfone groups is 1. The van der Waals surface area contributed by atoms with E-state index in [0.717, 1.165) is 10.9 Å². The standard InChI is InChI=1S/C20H23N3O4S/c21-19(24)16-11-14-3-1-2-4-17(14)22-18(16)13-5-8-23(9-6-13)20(25)15-7-10-28(26,27)12-15/h1-4,11,13,15H,5-10,12H2,(H2,21,24). The molecule has 0 aliphatic carbocycles. The minimum Gasteiger partial charge on any atom is -0.366 e. The monoisotopic (exact) mass is 401 g/mol. The molecular weight excluding hydrogens is 378 g/mol. The molecular formula is C20H23N3O4S. The normalized spacial score (nSPS) is 22.4. The van der Waals surface area contributed by atoms with Gasteiger partial charge in [0.15, 0.2) is 9.84 Å². The van der Waals surface area contributed by atoms with Crippen LogP contribution in [0.5, 0.6) is 0 Å². The second-order valence-electron chi connectivity index (χ2n) is 7.68. The van der Waals surface area contributed by atoms with Crippen LogP contribution in [0.1, 0.15) is 41.2 Å². The minimum atomic E-state index is -3.08. The molecule has 2 fully saturated rings. The summed E-state index contributed by atoms with van der Waals surface area (Å²) >= 11 is 0. The molecule has 8 heteroatoms. The maximum atomic E-state index is 12.7. The molecule has 0 saturated carbocycles. The van der Waals surface area contributed by atoms with Crippen LogP contribution in [0.3, 0.4) is 0 Å². The van der Waals surface area contributed by atoms with E-state index in [2.05, 4.69) is 0 Å². The van der Waals surface area contributed by atoms with Gasteiger partial charge in [-0.05, 0) is 31.4 Å². The average molecular weight is 401 g/mol. The maximum absolute atomic E-state index is 12.7. The van der Waals surface area contributed by atoms with Crippen molar-refractivity contribution >= 4 is 32.6 Å². The van der Waals surface area contributed by atoms with E-state index in [1.807, 2.05) is 24.3 Å². The SMILES string of the molecule is NC(=O)c1cc2ccccc2nc1C1CCN(C(=O)C2CCS(=O)(=O)C2)CC1. The minimum absolute atomic E-state index is 0.0379. The average Bonchev–Trinajstić information content (AvgIpc) is 3.06. The van der Waals surface area contributed by atoms with Crippen LogP contribution in [-0.2, 0) is 14.6 Å². The smallest absolute Gasteiger partial charge is 0.250 e. The molecule has 1 aromatic carbocycles. The summed E-state index contributed by atoms with van der Waals surface area (Å²) in [5, 5.41) is 0.870. The van der Waals surface area contributed by atoms with Gasteiger partial charge in [0.2, 0.25) is 5.91 Å². The van der Waals surface area contributed by atoms with Crippen LogP contribution >= 0.6 is 0 Å². The molecule has 2 aliphatic rings. The lowest BCUT2D eigenvalue weighted by atomic mass is 9.89. The zero-order valence-electron chi connectivity index (χ0n) is 15.5. The predicted molar refractivity (Wildman–Crippen MR) is 106 cm³/mol. The van der Waals surface area contributed by atoms with Crippen LogP contribution in [0.2, 0.25) is 0 Å². The first-order valence-corrected chi connectivity index (χ1v) is 11.3. The van der Waals surface area contributed by atoms with Crippen LogP contribution in [0, 0.1) is 5.92 Å². The third-order valence-electron chi connectivity index (χ3n) is 5.79. The fourth-order valence-electron chi connectivity index (χ4n) is 4.26. The third-order valence-corrected chi connectivity index (χ3v) is 7.56. The number of nitrogens with zero attached hydrogens (tertiary/aromatic N) is 2. The van der Waals surface area contributed by atoms with Gasteiger partial charge in [-0.15, -0.1) is 0 Å². The van der Waals surface area contributed by atoms with Gasteiger partial charge in [0.05, 0.1) is 34.2 Å². The molecule has 2 N–H and O–H groups in total. The molecule has 0 bridgehead atoms. The van der Waals surface area contributed by atoms with Crippen molar-refractivity contribution in [2.24, 2.45) is 11.7 Å². The van der Waals surface area contributed by atoms with Gasteiger partial charge in [-0.2, -0.15) is 0 Å². The van der Waals surface area contributed by atoms with Crippen molar-refractivity contribution in [3.63, 3.8) is 0 Å². The third kappa shape index (κ3) is 3.61. The summed E-state index contributed by atoms with van der Waals surface area (Å²) in [5.74, 6) is -0.874. The van der Waals surface area contributed by atoms with Gasteiger partial charge in [0, 0.05) is 24.4 Å². The van der Waals surface area contributed by atoms with E-state index in [1.165, 1.54) is 0 Å². The summed E-state index contributed by atoms with van der Waals surface area (Å²) in [7, 11) is -3.08. The molecule has 148 valence electrons. The summed E-state index contributed by atoms with van der Waals surface area (Å²) in [4.78, 5) is 31.1. The summed E-state index contributed by atoms with van der Waals surface area (Å²) in [6, 6.07) is 9.39. The number of hydrogen-bond donors (Lipinski definition) is 1. The lowest BCUT2D eigenvalue weighted by molar-refractivity contribution is -0.135. The molecule has 1 atom stereocenters. The number of primary amides is 1. The highest BCUT2D eigenvalue weighted by atomic mass is 32.2. The van der Waals surface area contributed by atoms with Gasteiger partial charge in [-0.25, -0.2) is 8.42 Å². The molecule has 2 saturated heterocycles. The molecule has 7 nitrogen and oxygen atoms in total. The number of carbonyl (C=O) groups excluding carboxylic acids is 2. The molecule has 4 rings (SSSR count). The lowest BCUT2D eigenvalue weighted by Gasteiger charge is -2.33. The molecule has 1 aromatic heterocycles. The van der Waals surface area contributed by atoms with Crippen LogP contribution < -0.4 is 5.73 Å². The Kier molecular flexibility index (Phi) is 4.82. The van der Waals surface area contributed by atoms with Crippen molar-refractivity contribution in [1.29, 1.82) is 0 Å². The number of nitrogens with two attached hydrogens (primary N) is 1. The number of para-hydroxylation sites is 1. The Hall–Kier alpha value is -2.48. The largest absolute Gasteiger partial charge is 0.366 e. The molecule has 2 aromatic rings. The zero-order chi connectivity index (χ0) is 19.9. The van der Waals surface area contributed by atoms with E-state index in [9.17, 15) is 18.0 Å². The van der Waals surface area contributed by atoms with Crippen LogP contribution in [0.15, 0.2) is 30.3 Å². The van der Waals surface area contributed by atoms with Crippen molar-refractivity contribution in [2.45, 2.75) is 25.2 Å².